The zero-order valence-corrected chi connectivity index (χ0v) is 17.2. The minimum absolute atomic E-state index is 0.105. The maximum Gasteiger partial charge on any atom is 0.258 e. The number of amides is 2. The first-order valence-electron chi connectivity index (χ1n) is 10.3. The highest BCUT2D eigenvalue weighted by atomic mass is 35.5. The third-order valence-corrected chi connectivity index (χ3v) is 6.52. The molecule has 0 aromatic heterocycles. The summed E-state index contributed by atoms with van der Waals surface area (Å²) in [5.41, 5.74) is 0.441. The number of benzene rings is 2. The SMILES string of the molecule is O=C(Nc1ccc(C(=O)N2CC[C@H]3CCCCC3C2)c(Cl)c1)c1ccc(F)cc1F. The van der Waals surface area contributed by atoms with E-state index in [1.807, 2.05) is 4.90 Å². The summed E-state index contributed by atoms with van der Waals surface area (Å²) in [6, 6.07) is 7.36. The van der Waals surface area contributed by atoms with Gasteiger partial charge in [-0.05, 0) is 55.0 Å². The first-order valence-corrected chi connectivity index (χ1v) is 10.7. The number of hydrogen-bond donors (Lipinski definition) is 1. The first kappa shape index (κ1) is 20.8. The van der Waals surface area contributed by atoms with Crippen molar-refractivity contribution in [2.24, 2.45) is 11.8 Å². The number of carbonyl (C=O) groups excluding carboxylic acids is 2. The van der Waals surface area contributed by atoms with E-state index in [0.717, 1.165) is 37.6 Å². The van der Waals surface area contributed by atoms with E-state index >= 15 is 0 Å². The smallest absolute Gasteiger partial charge is 0.258 e. The second-order valence-electron chi connectivity index (χ2n) is 8.12. The molecule has 2 fully saturated rings. The summed E-state index contributed by atoms with van der Waals surface area (Å²) < 4.78 is 26.8. The van der Waals surface area contributed by atoms with Crippen molar-refractivity contribution in [3.05, 3.63) is 64.2 Å². The zero-order valence-electron chi connectivity index (χ0n) is 16.5. The number of halogens is 3. The Labute approximate surface area is 179 Å². The predicted molar refractivity (Wildman–Crippen MR) is 112 cm³/mol. The molecule has 0 spiro atoms. The molecule has 4 nitrogen and oxygen atoms in total. The molecule has 2 aromatic carbocycles. The van der Waals surface area contributed by atoms with Gasteiger partial charge in [-0.25, -0.2) is 8.78 Å². The van der Waals surface area contributed by atoms with Gasteiger partial charge in [0.15, 0.2) is 0 Å². The lowest BCUT2D eigenvalue weighted by Gasteiger charge is -2.41. The van der Waals surface area contributed by atoms with Crippen molar-refractivity contribution in [2.45, 2.75) is 32.1 Å². The van der Waals surface area contributed by atoms with E-state index in [0.29, 0.717) is 23.2 Å². The molecule has 1 unspecified atom stereocenters. The average molecular weight is 433 g/mol. The van der Waals surface area contributed by atoms with E-state index in [2.05, 4.69) is 5.32 Å². The fraction of sp³-hybridized carbons (Fsp3) is 0.391. The third kappa shape index (κ3) is 4.33. The van der Waals surface area contributed by atoms with Crippen LogP contribution in [0.4, 0.5) is 14.5 Å². The lowest BCUT2D eigenvalue weighted by molar-refractivity contribution is 0.0521. The Hall–Kier alpha value is -2.47. The number of nitrogens with zero attached hydrogens (tertiary/aromatic N) is 1. The van der Waals surface area contributed by atoms with Crippen molar-refractivity contribution >= 4 is 29.1 Å². The van der Waals surface area contributed by atoms with Gasteiger partial charge in [-0.2, -0.15) is 0 Å². The second kappa shape index (κ2) is 8.72. The van der Waals surface area contributed by atoms with E-state index in [1.54, 1.807) is 12.1 Å². The molecule has 0 radical (unpaired) electrons. The highest BCUT2D eigenvalue weighted by Gasteiger charge is 2.33. The van der Waals surface area contributed by atoms with Crippen LogP contribution < -0.4 is 5.32 Å². The molecule has 7 heteroatoms. The number of anilines is 1. The summed E-state index contributed by atoms with van der Waals surface area (Å²) in [7, 11) is 0. The lowest BCUT2D eigenvalue weighted by atomic mass is 9.75. The fourth-order valence-electron chi connectivity index (χ4n) is 4.59. The van der Waals surface area contributed by atoms with Crippen LogP contribution in [0.15, 0.2) is 36.4 Å². The lowest BCUT2D eigenvalue weighted by Crippen LogP contribution is -2.44. The van der Waals surface area contributed by atoms with Crippen LogP contribution in [0.3, 0.4) is 0 Å². The molecule has 4 rings (SSSR count). The van der Waals surface area contributed by atoms with Gasteiger partial charge in [0.25, 0.3) is 11.8 Å². The number of carbonyl (C=O) groups is 2. The minimum Gasteiger partial charge on any atom is -0.338 e. The van der Waals surface area contributed by atoms with Crippen LogP contribution in [-0.4, -0.2) is 29.8 Å². The van der Waals surface area contributed by atoms with Gasteiger partial charge >= 0.3 is 0 Å². The van der Waals surface area contributed by atoms with Crippen LogP contribution in [0.1, 0.15) is 52.8 Å². The highest BCUT2D eigenvalue weighted by Crippen LogP contribution is 2.37. The van der Waals surface area contributed by atoms with Gasteiger partial charge in [-0.3, -0.25) is 9.59 Å². The molecule has 1 N–H and O–H groups in total. The predicted octanol–water partition coefficient (Wildman–Crippen LogP) is 5.52. The standard InChI is InChI=1S/C23H23ClF2N2O2/c24-20-12-17(27-22(29)19-7-5-16(25)11-21(19)26)6-8-18(20)23(30)28-10-9-14-3-1-2-4-15(14)13-28/h5-8,11-12,14-15H,1-4,9-10,13H2,(H,27,29)/t14-,15?/m1/s1. The molecule has 1 saturated heterocycles. The molecular formula is C23H23ClF2N2O2. The minimum atomic E-state index is -0.948. The summed E-state index contributed by atoms with van der Waals surface area (Å²) in [6.07, 6.45) is 5.98. The van der Waals surface area contributed by atoms with Crippen LogP contribution >= 0.6 is 11.6 Å². The van der Waals surface area contributed by atoms with E-state index in [1.165, 1.54) is 31.7 Å². The maximum atomic E-state index is 13.8. The van der Waals surface area contributed by atoms with E-state index in [-0.39, 0.29) is 16.5 Å². The molecule has 158 valence electrons. The van der Waals surface area contributed by atoms with Crippen molar-refractivity contribution in [3.63, 3.8) is 0 Å². The molecule has 2 aromatic rings. The Morgan fingerprint density at radius 2 is 1.70 bits per heavy atom. The molecule has 2 aliphatic rings. The van der Waals surface area contributed by atoms with Crippen LogP contribution in [-0.2, 0) is 0 Å². The monoisotopic (exact) mass is 432 g/mol. The van der Waals surface area contributed by atoms with Crippen molar-refractivity contribution < 1.29 is 18.4 Å². The normalized spacial score (nSPS) is 21.1. The first-order chi connectivity index (χ1) is 14.4. The van der Waals surface area contributed by atoms with Crippen molar-refractivity contribution in [1.29, 1.82) is 0 Å². The zero-order chi connectivity index (χ0) is 21.3. The van der Waals surface area contributed by atoms with Crippen LogP contribution in [0.5, 0.6) is 0 Å². The molecule has 1 aliphatic carbocycles. The molecule has 2 atom stereocenters. The molecule has 1 saturated carbocycles. The van der Waals surface area contributed by atoms with Crippen molar-refractivity contribution in [1.82, 2.24) is 4.90 Å². The van der Waals surface area contributed by atoms with E-state index in [9.17, 15) is 18.4 Å². The number of likely N-dealkylation sites (tertiary alicyclic amines) is 1. The molecular weight excluding hydrogens is 410 g/mol. The summed E-state index contributed by atoms with van der Waals surface area (Å²) in [6.45, 7) is 1.50. The van der Waals surface area contributed by atoms with Gasteiger partial charge in [-0.15, -0.1) is 0 Å². The van der Waals surface area contributed by atoms with Gasteiger partial charge in [0.05, 0.1) is 16.1 Å². The van der Waals surface area contributed by atoms with Crippen LogP contribution in [0, 0.1) is 23.5 Å². The average Bonchev–Trinajstić information content (AvgIpc) is 2.73. The summed E-state index contributed by atoms with van der Waals surface area (Å²) in [4.78, 5) is 27.1. The van der Waals surface area contributed by atoms with Crippen LogP contribution in [0.25, 0.3) is 0 Å². The number of rotatable bonds is 3. The molecule has 1 heterocycles. The Morgan fingerprint density at radius 3 is 2.43 bits per heavy atom. The Kier molecular flexibility index (Phi) is 6.04. The molecule has 2 amide bonds. The Morgan fingerprint density at radius 1 is 0.967 bits per heavy atom. The van der Waals surface area contributed by atoms with E-state index in [4.69, 9.17) is 11.6 Å². The topological polar surface area (TPSA) is 49.4 Å². The summed E-state index contributed by atoms with van der Waals surface area (Å²) in [5.74, 6) is -1.24. The molecule has 30 heavy (non-hydrogen) atoms. The summed E-state index contributed by atoms with van der Waals surface area (Å²) >= 11 is 6.34. The highest BCUT2D eigenvalue weighted by molar-refractivity contribution is 6.34. The van der Waals surface area contributed by atoms with Crippen LogP contribution in [0.2, 0.25) is 5.02 Å². The summed E-state index contributed by atoms with van der Waals surface area (Å²) in [5, 5.41) is 2.76. The maximum absolute atomic E-state index is 13.8. The number of nitrogens with one attached hydrogen (secondary N) is 1. The number of hydrogen-bond acceptors (Lipinski definition) is 2. The second-order valence-corrected chi connectivity index (χ2v) is 8.52. The Balaban J connectivity index is 1.45. The quantitative estimate of drug-likeness (QED) is 0.694. The van der Waals surface area contributed by atoms with Crippen molar-refractivity contribution in [2.75, 3.05) is 18.4 Å². The van der Waals surface area contributed by atoms with Gasteiger partial charge in [0.1, 0.15) is 11.6 Å². The number of piperidine rings is 1. The van der Waals surface area contributed by atoms with Gasteiger partial charge < -0.3 is 10.2 Å². The molecule has 0 bridgehead atoms. The van der Waals surface area contributed by atoms with E-state index < -0.39 is 17.5 Å². The van der Waals surface area contributed by atoms with Gasteiger partial charge in [0.2, 0.25) is 0 Å². The van der Waals surface area contributed by atoms with Gasteiger partial charge in [-0.1, -0.05) is 30.9 Å². The van der Waals surface area contributed by atoms with Crippen molar-refractivity contribution in [3.8, 4) is 0 Å². The molecule has 1 aliphatic heterocycles. The Bertz CT molecular complexity index is 982. The number of fused-ring (bicyclic) bond motifs is 1. The largest absolute Gasteiger partial charge is 0.338 e. The third-order valence-electron chi connectivity index (χ3n) is 6.21. The fourth-order valence-corrected chi connectivity index (χ4v) is 4.86. The van der Waals surface area contributed by atoms with Gasteiger partial charge in [0, 0.05) is 24.8 Å².